The number of para-hydroxylation sites is 1. The van der Waals surface area contributed by atoms with Crippen molar-refractivity contribution in [3.05, 3.63) is 82.3 Å². The van der Waals surface area contributed by atoms with Crippen molar-refractivity contribution in [2.45, 2.75) is 65.5 Å². The predicted molar refractivity (Wildman–Crippen MR) is 146 cm³/mol. The van der Waals surface area contributed by atoms with Crippen LogP contribution in [0.1, 0.15) is 52.7 Å². The third kappa shape index (κ3) is 6.01. The van der Waals surface area contributed by atoms with Crippen LogP contribution < -0.4 is 0 Å². The van der Waals surface area contributed by atoms with Gasteiger partial charge in [-0.25, -0.2) is 0 Å². The molecule has 3 aromatic carbocycles. The van der Waals surface area contributed by atoms with Crippen LogP contribution in [0.4, 0.5) is 0 Å². The summed E-state index contributed by atoms with van der Waals surface area (Å²) >= 11 is 3.61. The zero-order chi connectivity index (χ0) is 24.7. The fourth-order valence-corrected chi connectivity index (χ4v) is 7.12. The second kappa shape index (κ2) is 9.28. The summed E-state index contributed by atoms with van der Waals surface area (Å²) in [5.41, 5.74) is 3.40. The van der Waals surface area contributed by atoms with Gasteiger partial charge < -0.3 is 13.6 Å². The summed E-state index contributed by atoms with van der Waals surface area (Å²) in [6, 6.07) is 23.2. The Labute approximate surface area is 210 Å². The first-order chi connectivity index (χ1) is 15.8. The predicted octanol–water partition coefficient (Wildman–Crippen LogP) is 8.93. The molecule has 0 saturated heterocycles. The van der Waals surface area contributed by atoms with Gasteiger partial charge in [0, 0.05) is 32.8 Å². The third-order valence-corrected chi connectivity index (χ3v) is 8.20. The molecule has 0 fully saturated rings. The molecule has 4 nitrogen and oxygen atoms in total. The zero-order valence-electron chi connectivity index (χ0n) is 20.8. The lowest BCUT2D eigenvalue weighted by atomic mass is 10.1. The van der Waals surface area contributed by atoms with Crippen LogP contribution >= 0.6 is 23.5 Å². The molecule has 6 heteroatoms. The molecule has 180 valence electrons. The Hall–Kier alpha value is -1.91. The SMILES string of the molecule is CC(C)(C)OP(=O)(Cc1ccc(Cn2c3ccccc3c3cc(Br)ccc32)cc1)OC(C)(C)C. The summed E-state index contributed by atoms with van der Waals surface area (Å²) in [7, 11) is -3.34. The van der Waals surface area contributed by atoms with E-state index in [-0.39, 0.29) is 6.16 Å². The van der Waals surface area contributed by atoms with Crippen LogP contribution in [0.5, 0.6) is 0 Å². The number of benzene rings is 3. The molecule has 0 aliphatic carbocycles. The van der Waals surface area contributed by atoms with Crippen LogP contribution in [0.3, 0.4) is 0 Å². The van der Waals surface area contributed by atoms with Crippen LogP contribution in [-0.4, -0.2) is 15.8 Å². The van der Waals surface area contributed by atoms with Gasteiger partial charge in [0.2, 0.25) is 0 Å². The molecule has 0 unspecified atom stereocenters. The molecule has 4 rings (SSSR count). The number of halogens is 1. The van der Waals surface area contributed by atoms with Gasteiger partial charge in [-0.2, -0.15) is 0 Å². The maximum Gasteiger partial charge on any atom is 0.336 e. The topological polar surface area (TPSA) is 40.5 Å². The fraction of sp³-hybridized carbons (Fsp3) is 0.357. The number of fused-ring (bicyclic) bond motifs is 3. The highest BCUT2D eigenvalue weighted by Crippen LogP contribution is 2.56. The molecule has 0 bridgehead atoms. The molecule has 4 aromatic rings. The van der Waals surface area contributed by atoms with Gasteiger partial charge in [0.1, 0.15) is 0 Å². The van der Waals surface area contributed by atoms with Crippen LogP contribution in [-0.2, 0) is 26.3 Å². The van der Waals surface area contributed by atoms with E-state index in [2.05, 4.69) is 75.1 Å². The Morgan fingerprint density at radius 2 is 1.32 bits per heavy atom. The van der Waals surface area contributed by atoms with Gasteiger partial charge in [-0.15, -0.1) is 0 Å². The number of hydrogen-bond donors (Lipinski definition) is 0. The molecule has 0 radical (unpaired) electrons. The van der Waals surface area contributed by atoms with Crippen LogP contribution in [0.25, 0.3) is 21.8 Å². The Balaban J connectivity index is 1.62. The summed E-state index contributed by atoms with van der Waals surface area (Å²) in [5, 5.41) is 2.48. The minimum absolute atomic E-state index is 0.241. The normalized spacial score (nSPS) is 13.1. The van der Waals surface area contributed by atoms with E-state index in [1.807, 2.05) is 53.7 Å². The van der Waals surface area contributed by atoms with Crippen molar-refractivity contribution in [2.24, 2.45) is 0 Å². The fourth-order valence-electron chi connectivity index (χ4n) is 4.27. The number of aromatic nitrogens is 1. The van der Waals surface area contributed by atoms with Gasteiger partial charge in [-0.05, 0) is 76.9 Å². The average Bonchev–Trinajstić information content (AvgIpc) is 2.99. The molecule has 34 heavy (non-hydrogen) atoms. The third-order valence-electron chi connectivity index (χ3n) is 5.30. The van der Waals surface area contributed by atoms with Gasteiger partial charge in [-0.1, -0.05) is 58.4 Å². The lowest BCUT2D eigenvalue weighted by Gasteiger charge is -2.32. The van der Waals surface area contributed by atoms with E-state index >= 15 is 0 Å². The molecule has 0 aliphatic heterocycles. The quantitative estimate of drug-likeness (QED) is 0.229. The largest absolute Gasteiger partial charge is 0.336 e. The first-order valence-corrected chi connectivity index (χ1v) is 14.1. The Bertz CT molecular complexity index is 1340. The Morgan fingerprint density at radius 3 is 1.94 bits per heavy atom. The molecule has 0 amide bonds. The van der Waals surface area contributed by atoms with Crippen molar-refractivity contribution in [3.63, 3.8) is 0 Å². The smallest absolute Gasteiger partial charge is 0.336 e. The van der Waals surface area contributed by atoms with E-state index in [0.717, 1.165) is 16.6 Å². The summed E-state index contributed by atoms with van der Waals surface area (Å²) < 4.78 is 29.0. The molecule has 0 spiro atoms. The van der Waals surface area contributed by atoms with Crippen LogP contribution in [0.15, 0.2) is 71.2 Å². The average molecular weight is 542 g/mol. The maximum atomic E-state index is 13.6. The van der Waals surface area contributed by atoms with Crippen LogP contribution in [0.2, 0.25) is 0 Å². The van der Waals surface area contributed by atoms with Crippen molar-refractivity contribution in [1.29, 1.82) is 0 Å². The molecule has 0 aliphatic rings. The lowest BCUT2D eigenvalue weighted by Crippen LogP contribution is -2.24. The van der Waals surface area contributed by atoms with E-state index in [1.165, 1.54) is 27.4 Å². The van der Waals surface area contributed by atoms with Crippen molar-refractivity contribution < 1.29 is 13.6 Å². The maximum absolute atomic E-state index is 13.6. The Kier molecular flexibility index (Phi) is 6.87. The number of hydrogen-bond acceptors (Lipinski definition) is 3. The van der Waals surface area contributed by atoms with Crippen molar-refractivity contribution >= 4 is 45.3 Å². The summed E-state index contributed by atoms with van der Waals surface area (Å²) in [5.74, 6) is 0. The lowest BCUT2D eigenvalue weighted by molar-refractivity contribution is 0.0485. The number of nitrogens with zero attached hydrogens (tertiary/aromatic N) is 1. The van der Waals surface area contributed by atoms with Gasteiger partial charge in [0.15, 0.2) is 0 Å². The van der Waals surface area contributed by atoms with Crippen LogP contribution in [0, 0.1) is 0 Å². The van der Waals surface area contributed by atoms with E-state index < -0.39 is 18.8 Å². The van der Waals surface area contributed by atoms with E-state index in [0.29, 0.717) is 0 Å². The summed E-state index contributed by atoms with van der Waals surface area (Å²) in [6.07, 6.45) is 0.241. The second-order valence-corrected chi connectivity index (χ2v) is 13.6. The molecule has 1 aromatic heterocycles. The van der Waals surface area contributed by atoms with E-state index in [1.54, 1.807) is 0 Å². The molecule has 0 atom stereocenters. The molecular weight excluding hydrogens is 509 g/mol. The zero-order valence-corrected chi connectivity index (χ0v) is 23.2. The molecular formula is C28H33BrNO3P. The highest BCUT2D eigenvalue weighted by molar-refractivity contribution is 9.10. The second-order valence-electron chi connectivity index (χ2n) is 10.8. The summed E-state index contributed by atoms with van der Waals surface area (Å²) in [4.78, 5) is 0. The van der Waals surface area contributed by atoms with Crippen molar-refractivity contribution in [3.8, 4) is 0 Å². The van der Waals surface area contributed by atoms with Gasteiger partial charge in [0.25, 0.3) is 0 Å². The van der Waals surface area contributed by atoms with Gasteiger partial charge in [0.05, 0.1) is 17.4 Å². The molecule has 1 heterocycles. The van der Waals surface area contributed by atoms with E-state index in [4.69, 9.17) is 9.05 Å². The van der Waals surface area contributed by atoms with Crippen molar-refractivity contribution in [1.82, 2.24) is 4.57 Å². The first kappa shape index (κ1) is 25.2. The molecule has 0 saturated carbocycles. The minimum atomic E-state index is -3.34. The Morgan fingerprint density at radius 1 is 0.765 bits per heavy atom. The highest BCUT2D eigenvalue weighted by Gasteiger charge is 2.35. The van der Waals surface area contributed by atoms with E-state index in [9.17, 15) is 4.57 Å². The highest BCUT2D eigenvalue weighted by atomic mass is 79.9. The first-order valence-electron chi connectivity index (χ1n) is 11.6. The monoisotopic (exact) mass is 541 g/mol. The van der Waals surface area contributed by atoms with Gasteiger partial charge in [-0.3, -0.25) is 4.57 Å². The van der Waals surface area contributed by atoms with Gasteiger partial charge >= 0.3 is 7.60 Å². The standard InChI is InChI=1S/C28H33BrNO3P/c1-27(2,3)32-34(31,33-28(4,5)6)19-21-13-11-20(12-14-21)18-30-25-10-8-7-9-23(25)24-17-22(29)15-16-26(24)30/h7-17H,18-19H2,1-6H3. The van der Waals surface area contributed by atoms with Crippen molar-refractivity contribution in [2.75, 3.05) is 0 Å². The summed E-state index contributed by atoms with van der Waals surface area (Å²) in [6.45, 7) is 12.2. The minimum Gasteiger partial charge on any atom is -0.336 e. The molecule has 0 N–H and O–H groups in total. The number of rotatable bonds is 6.